The third-order valence-electron chi connectivity index (χ3n) is 6.06. The molecule has 158 valence electrons. The van der Waals surface area contributed by atoms with E-state index in [1.807, 2.05) is 6.07 Å². The Morgan fingerprint density at radius 2 is 1.80 bits per heavy atom. The van der Waals surface area contributed by atoms with Crippen LogP contribution in [0.2, 0.25) is 0 Å². The first-order valence-electron chi connectivity index (χ1n) is 9.74. The lowest BCUT2D eigenvalue weighted by Crippen LogP contribution is -2.48. The molecule has 0 radical (unpaired) electrons. The number of aromatic nitrogens is 1. The van der Waals surface area contributed by atoms with E-state index in [1.165, 1.54) is 20.3 Å². The van der Waals surface area contributed by atoms with Crippen molar-refractivity contribution in [3.05, 3.63) is 53.7 Å². The highest BCUT2D eigenvalue weighted by atomic mass is 19.3. The summed E-state index contributed by atoms with van der Waals surface area (Å²) in [5.74, 6) is -2.39. The molecule has 2 aromatic carbocycles. The number of hydrogen-bond donors (Lipinski definition) is 1. The third kappa shape index (κ3) is 2.29. The van der Waals surface area contributed by atoms with Gasteiger partial charge in [0.2, 0.25) is 5.72 Å². The number of benzene rings is 2. The molecule has 2 aliphatic heterocycles. The van der Waals surface area contributed by atoms with Crippen LogP contribution in [0.15, 0.2) is 42.6 Å². The molecule has 0 bridgehead atoms. The van der Waals surface area contributed by atoms with Crippen LogP contribution in [-0.2, 0) is 22.9 Å². The molecule has 1 aromatic heterocycles. The van der Waals surface area contributed by atoms with Gasteiger partial charge in [0, 0.05) is 41.4 Å². The molecule has 1 saturated heterocycles. The number of rotatable bonds is 5. The fourth-order valence-corrected chi connectivity index (χ4v) is 4.74. The standard InChI is InChI=1S/C22H22F2N2O4/c1-28-14-3-5-19-16(11-14)18(13-25(19)7-9-27)22-21(23,24)17-12-15(29-2)4-6-20(17)26(22)8-10-30-22/h3-6,11-13,27H,7-10H2,1-2H3. The van der Waals surface area contributed by atoms with E-state index in [-0.39, 0.29) is 25.3 Å². The van der Waals surface area contributed by atoms with Crippen molar-refractivity contribution in [3.8, 4) is 11.5 Å². The second-order valence-corrected chi connectivity index (χ2v) is 7.44. The molecule has 30 heavy (non-hydrogen) atoms. The van der Waals surface area contributed by atoms with E-state index < -0.39 is 11.6 Å². The highest BCUT2D eigenvalue weighted by molar-refractivity contribution is 5.88. The Balaban J connectivity index is 1.80. The SMILES string of the molecule is COc1ccc2c(c1)C(F)(F)C1(c3cn(CCO)c4ccc(OC)cc34)OCCN21. The van der Waals surface area contributed by atoms with Crippen molar-refractivity contribution in [2.24, 2.45) is 0 Å². The van der Waals surface area contributed by atoms with E-state index in [4.69, 9.17) is 14.2 Å². The zero-order valence-corrected chi connectivity index (χ0v) is 16.7. The fraction of sp³-hybridized carbons (Fsp3) is 0.364. The Bertz CT molecular complexity index is 1130. The van der Waals surface area contributed by atoms with E-state index in [2.05, 4.69) is 0 Å². The van der Waals surface area contributed by atoms with Gasteiger partial charge in [0.25, 0.3) is 0 Å². The van der Waals surface area contributed by atoms with Gasteiger partial charge in [-0.05, 0) is 36.4 Å². The number of nitrogens with zero attached hydrogens (tertiary/aromatic N) is 2. The first-order chi connectivity index (χ1) is 14.5. The second-order valence-electron chi connectivity index (χ2n) is 7.44. The minimum atomic E-state index is -3.32. The van der Waals surface area contributed by atoms with Gasteiger partial charge in [0.1, 0.15) is 11.5 Å². The van der Waals surface area contributed by atoms with Crippen molar-refractivity contribution >= 4 is 16.6 Å². The van der Waals surface area contributed by atoms with Gasteiger partial charge in [0.05, 0.1) is 33.0 Å². The number of halogens is 2. The van der Waals surface area contributed by atoms with Crippen LogP contribution in [0.25, 0.3) is 10.9 Å². The van der Waals surface area contributed by atoms with E-state index >= 15 is 8.78 Å². The molecule has 6 nitrogen and oxygen atoms in total. The van der Waals surface area contributed by atoms with Crippen LogP contribution in [0.4, 0.5) is 14.5 Å². The van der Waals surface area contributed by atoms with Gasteiger partial charge in [0.15, 0.2) is 0 Å². The van der Waals surface area contributed by atoms with Crippen LogP contribution in [0, 0.1) is 0 Å². The zero-order valence-electron chi connectivity index (χ0n) is 16.7. The maximum Gasteiger partial charge on any atom is 0.326 e. The fourth-order valence-electron chi connectivity index (χ4n) is 4.74. The molecule has 3 heterocycles. The van der Waals surface area contributed by atoms with Gasteiger partial charge in [-0.25, -0.2) is 0 Å². The molecule has 0 saturated carbocycles. The van der Waals surface area contributed by atoms with Crippen molar-refractivity contribution in [1.82, 2.24) is 4.57 Å². The first kappa shape index (κ1) is 19.1. The molecular weight excluding hydrogens is 394 g/mol. The Kier molecular flexibility index (Phi) is 4.20. The number of aliphatic hydroxyl groups excluding tert-OH is 1. The van der Waals surface area contributed by atoms with Crippen molar-refractivity contribution in [2.75, 3.05) is 38.9 Å². The third-order valence-corrected chi connectivity index (χ3v) is 6.06. The Hall–Kier alpha value is -2.84. The number of anilines is 1. The molecule has 8 heteroatoms. The van der Waals surface area contributed by atoms with Crippen molar-refractivity contribution in [1.29, 1.82) is 0 Å². The molecule has 1 atom stereocenters. The number of fused-ring (bicyclic) bond motifs is 4. The predicted octanol–water partition coefficient (Wildman–Crippen LogP) is 3.45. The summed E-state index contributed by atoms with van der Waals surface area (Å²) >= 11 is 0. The predicted molar refractivity (Wildman–Crippen MR) is 107 cm³/mol. The van der Waals surface area contributed by atoms with E-state index in [0.29, 0.717) is 34.7 Å². The van der Waals surface area contributed by atoms with Gasteiger partial charge in [-0.1, -0.05) is 0 Å². The Labute approximate surface area is 172 Å². The number of methoxy groups -OCH3 is 2. The van der Waals surface area contributed by atoms with Crippen molar-refractivity contribution in [2.45, 2.75) is 18.2 Å². The van der Waals surface area contributed by atoms with Crippen LogP contribution >= 0.6 is 0 Å². The largest absolute Gasteiger partial charge is 0.497 e. The van der Waals surface area contributed by atoms with Crippen LogP contribution < -0.4 is 14.4 Å². The minimum absolute atomic E-state index is 0.110. The molecule has 0 amide bonds. The number of ether oxygens (including phenoxy) is 3. The number of hydrogen-bond acceptors (Lipinski definition) is 5. The summed E-state index contributed by atoms with van der Waals surface area (Å²) in [6.07, 6.45) is 1.66. The van der Waals surface area contributed by atoms with Gasteiger partial charge in [-0.2, -0.15) is 8.78 Å². The molecule has 5 rings (SSSR count). The lowest BCUT2D eigenvalue weighted by molar-refractivity contribution is -0.189. The molecule has 0 aliphatic carbocycles. The zero-order chi connectivity index (χ0) is 21.1. The van der Waals surface area contributed by atoms with Crippen LogP contribution in [0.5, 0.6) is 11.5 Å². The molecule has 2 aliphatic rings. The lowest BCUT2D eigenvalue weighted by atomic mass is 9.93. The lowest BCUT2D eigenvalue weighted by Gasteiger charge is -2.36. The second kappa shape index (κ2) is 6.58. The van der Waals surface area contributed by atoms with Crippen LogP contribution in [0.3, 0.4) is 0 Å². The highest BCUT2D eigenvalue weighted by Gasteiger charge is 2.69. The maximum absolute atomic E-state index is 16.1. The van der Waals surface area contributed by atoms with E-state index in [1.54, 1.807) is 39.9 Å². The molecule has 3 aromatic rings. The van der Waals surface area contributed by atoms with Crippen LogP contribution in [0.1, 0.15) is 11.1 Å². The van der Waals surface area contributed by atoms with E-state index in [9.17, 15) is 5.11 Å². The quantitative estimate of drug-likeness (QED) is 0.691. The average Bonchev–Trinajstić information content (AvgIpc) is 3.40. The summed E-state index contributed by atoms with van der Waals surface area (Å²) in [4.78, 5) is 1.64. The van der Waals surface area contributed by atoms with Crippen molar-refractivity contribution in [3.63, 3.8) is 0 Å². The normalized spacial score (nSPS) is 21.7. The first-order valence-corrected chi connectivity index (χ1v) is 9.74. The number of alkyl halides is 2. The summed E-state index contributed by atoms with van der Waals surface area (Å²) in [7, 11) is 2.99. The molecule has 0 spiro atoms. The van der Waals surface area contributed by atoms with Gasteiger partial charge in [-0.15, -0.1) is 0 Å². The van der Waals surface area contributed by atoms with Crippen LogP contribution in [-0.4, -0.2) is 43.7 Å². The topological polar surface area (TPSA) is 56.1 Å². The smallest absolute Gasteiger partial charge is 0.326 e. The average molecular weight is 416 g/mol. The van der Waals surface area contributed by atoms with Gasteiger partial charge < -0.3 is 28.8 Å². The summed E-state index contributed by atoms with van der Waals surface area (Å²) < 4.78 is 50.5. The van der Waals surface area contributed by atoms with Gasteiger partial charge >= 0.3 is 5.92 Å². The Morgan fingerprint density at radius 1 is 1.07 bits per heavy atom. The minimum Gasteiger partial charge on any atom is -0.497 e. The summed E-state index contributed by atoms with van der Waals surface area (Å²) in [6.45, 7) is 0.690. The molecule has 1 N–H and O–H groups in total. The summed E-state index contributed by atoms with van der Waals surface area (Å²) in [6, 6.07) is 10.1. The molecular formula is C22H22F2N2O4. The highest BCUT2D eigenvalue weighted by Crippen LogP contribution is 2.62. The Morgan fingerprint density at radius 3 is 2.53 bits per heavy atom. The number of aliphatic hydroxyl groups is 1. The summed E-state index contributed by atoms with van der Waals surface area (Å²) in [5, 5.41) is 10.1. The van der Waals surface area contributed by atoms with Crippen molar-refractivity contribution < 1.29 is 28.1 Å². The maximum atomic E-state index is 16.1. The monoisotopic (exact) mass is 416 g/mol. The van der Waals surface area contributed by atoms with E-state index in [0.717, 1.165) is 5.52 Å². The van der Waals surface area contributed by atoms with Gasteiger partial charge in [-0.3, -0.25) is 0 Å². The molecule has 1 fully saturated rings. The molecule has 1 unspecified atom stereocenters. The summed E-state index contributed by atoms with van der Waals surface area (Å²) in [5.41, 5.74) is -0.583.